The molecule has 4 rings (SSSR count). The Morgan fingerprint density at radius 1 is 0.755 bits per heavy atom. The molecular formula is C37H39Br2N3O7. The van der Waals surface area contributed by atoms with Gasteiger partial charge in [-0.05, 0) is 81.9 Å². The molecule has 2 N–H and O–H groups in total. The highest BCUT2D eigenvalue weighted by Crippen LogP contribution is 2.34. The van der Waals surface area contributed by atoms with Gasteiger partial charge >= 0.3 is 6.09 Å². The molecule has 0 unspecified atom stereocenters. The quantitative estimate of drug-likeness (QED) is 0.0613. The van der Waals surface area contributed by atoms with Crippen LogP contribution in [-0.4, -0.2) is 51.6 Å². The van der Waals surface area contributed by atoms with E-state index in [0.717, 1.165) is 32.7 Å². The smallest absolute Gasteiger partial charge is 0.407 e. The first-order valence-corrected chi connectivity index (χ1v) is 17.2. The number of hydrogen-bond acceptors (Lipinski definition) is 8. The molecule has 4 aromatic rings. The van der Waals surface area contributed by atoms with Gasteiger partial charge in [0.15, 0.2) is 0 Å². The molecule has 258 valence electrons. The third-order valence-electron chi connectivity index (χ3n) is 7.18. The number of nitrogens with zero attached hydrogens (tertiary/aromatic N) is 1. The number of methoxy groups -OCH3 is 2. The molecule has 0 heterocycles. The summed E-state index contributed by atoms with van der Waals surface area (Å²) in [5, 5.41) is 10.00. The van der Waals surface area contributed by atoms with Crippen LogP contribution in [0.2, 0.25) is 0 Å². The van der Waals surface area contributed by atoms with Gasteiger partial charge in [-0.3, -0.25) is 4.79 Å². The summed E-state index contributed by atoms with van der Waals surface area (Å²) in [7, 11) is 3.23. The Morgan fingerprint density at radius 3 is 2.08 bits per heavy atom. The van der Waals surface area contributed by atoms with Gasteiger partial charge in [0.2, 0.25) is 0 Å². The third-order valence-corrected chi connectivity index (χ3v) is 8.23. The summed E-state index contributed by atoms with van der Waals surface area (Å²) >= 11 is 7.15. The van der Waals surface area contributed by atoms with Crippen LogP contribution in [0, 0.1) is 0 Å². The van der Waals surface area contributed by atoms with Crippen molar-refractivity contribution in [1.82, 2.24) is 10.6 Å². The van der Waals surface area contributed by atoms with Crippen LogP contribution in [0.3, 0.4) is 0 Å². The maximum Gasteiger partial charge on any atom is 0.407 e. The fraction of sp³-hybridized carbons (Fsp3) is 0.270. The summed E-state index contributed by atoms with van der Waals surface area (Å²) in [6, 6.07) is 28.3. The number of oxime groups is 1. The summed E-state index contributed by atoms with van der Waals surface area (Å²) in [6.07, 6.45) is 0.789. The molecule has 2 amide bonds. The molecule has 0 saturated heterocycles. The minimum Gasteiger partial charge on any atom is -0.497 e. The van der Waals surface area contributed by atoms with Crippen LogP contribution in [0.5, 0.6) is 17.2 Å². The highest BCUT2D eigenvalue weighted by Gasteiger charge is 2.19. The van der Waals surface area contributed by atoms with Gasteiger partial charge < -0.3 is 34.4 Å². The Bertz CT molecular complexity index is 1670. The molecule has 0 spiro atoms. The van der Waals surface area contributed by atoms with Gasteiger partial charge in [0.05, 0.1) is 25.3 Å². The molecule has 0 atom stereocenters. The maximum absolute atomic E-state index is 13.5. The summed E-state index contributed by atoms with van der Waals surface area (Å²) < 4.78 is 23.4. The van der Waals surface area contributed by atoms with Crippen LogP contribution in [0.15, 0.2) is 105 Å². The van der Waals surface area contributed by atoms with Gasteiger partial charge in [-0.15, -0.1) is 0 Å². The zero-order valence-corrected chi connectivity index (χ0v) is 30.5. The summed E-state index contributed by atoms with van der Waals surface area (Å²) in [6.45, 7) is 1.43. The zero-order chi connectivity index (χ0) is 34.8. The summed E-state index contributed by atoms with van der Waals surface area (Å²) in [5.41, 5.74) is 3.74. The molecule has 0 bridgehead atoms. The van der Waals surface area contributed by atoms with Crippen molar-refractivity contribution in [2.24, 2.45) is 5.16 Å². The molecule has 49 heavy (non-hydrogen) atoms. The number of ether oxygens (including phenoxy) is 4. The molecule has 0 aliphatic rings. The third kappa shape index (κ3) is 12.8. The van der Waals surface area contributed by atoms with Crippen molar-refractivity contribution in [3.05, 3.63) is 122 Å². The second-order valence-electron chi connectivity index (χ2n) is 10.8. The highest BCUT2D eigenvalue weighted by molar-refractivity contribution is 9.11. The van der Waals surface area contributed by atoms with Gasteiger partial charge in [0, 0.05) is 29.5 Å². The van der Waals surface area contributed by atoms with E-state index in [2.05, 4.69) is 47.6 Å². The molecule has 0 radical (unpaired) electrons. The standard InChI is InChI=1S/C37H39Br2N3O7/c1-45-31-13-9-26(10-14-31)17-19-40-36(43)34(42-49-25-28-11-15-32(46-2)16-12-28)22-29-21-30(38)23-33(39)35(29)47-20-6-18-41-37(44)48-24-27-7-4-3-5-8-27/h3-5,7-16,21,23H,6,17-20,22,24-25H2,1-2H3,(H,40,43)(H,41,44)/b42-34+. The Hall–Kier alpha value is -4.55. The van der Waals surface area contributed by atoms with Crippen LogP contribution >= 0.6 is 31.9 Å². The topological polar surface area (TPSA) is 117 Å². The molecule has 0 aromatic heterocycles. The SMILES string of the molecule is COc1ccc(CCNC(=O)/C(Cc2cc(Br)cc(Br)c2OCCCNC(=O)OCc2ccccc2)=N/OCc2ccc(OC)cc2)cc1. The lowest BCUT2D eigenvalue weighted by Crippen LogP contribution is -2.34. The van der Waals surface area contributed by atoms with E-state index in [1.54, 1.807) is 14.2 Å². The van der Waals surface area contributed by atoms with Crippen LogP contribution < -0.4 is 24.8 Å². The number of alkyl carbamates (subject to hydrolysis) is 1. The monoisotopic (exact) mass is 795 g/mol. The lowest BCUT2D eigenvalue weighted by Gasteiger charge is -2.16. The first-order chi connectivity index (χ1) is 23.8. The van der Waals surface area contributed by atoms with Gasteiger partial charge in [-0.2, -0.15) is 0 Å². The molecule has 4 aromatic carbocycles. The van der Waals surface area contributed by atoms with Crippen LogP contribution in [0.4, 0.5) is 4.79 Å². The first-order valence-electron chi connectivity index (χ1n) is 15.6. The average molecular weight is 798 g/mol. The Labute approximate surface area is 303 Å². The largest absolute Gasteiger partial charge is 0.497 e. The zero-order valence-electron chi connectivity index (χ0n) is 27.4. The highest BCUT2D eigenvalue weighted by atomic mass is 79.9. The van der Waals surface area contributed by atoms with Gasteiger partial charge in [0.1, 0.15) is 36.2 Å². The molecule has 0 fully saturated rings. The van der Waals surface area contributed by atoms with E-state index in [9.17, 15) is 9.59 Å². The van der Waals surface area contributed by atoms with Crippen molar-refractivity contribution >= 4 is 49.6 Å². The van der Waals surface area contributed by atoms with Gasteiger partial charge in [-0.25, -0.2) is 4.79 Å². The molecule has 0 saturated carbocycles. The van der Waals surface area contributed by atoms with Crippen molar-refractivity contribution < 1.29 is 33.4 Å². The number of nitrogens with one attached hydrogen (secondary N) is 2. The van der Waals surface area contributed by atoms with Gasteiger partial charge in [0.25, 0.3) is 5.91 Å². The number of amides is 2. The van der Waals surface area contributed by atoms with E-state index in [4.69, 9.17) is 23.8 Å². The molecule has 12 heteroatoms. The van der Waals surface area contributed by atoms with Crippen molar-refractivity contribution in [3.63, 3.8) is 0 Å². The Balaban J connectivity index is 1.38. The second kappa shape index (κ2) is 20.1. The normalized spacial score (nSPS) is 11.0. The minimum atomic E-state index is -0.497. The van der Waals surface area contributed by atoms with Crippen LogP contribution in [0.1, 0.15) is 28.7 Å². The van der Waals surface area contributed by atoms with Crippen molar-refractivity contribution in [1.29, 1.82) is 0 Å². The number of carbonyl (C=O) groups excluding carboxylic acids is 2. The fourth-order valence-corrected chi connectivity index (χ4v) is 6.00. The van der Waals surface area contributed by atoms with Crippen LogP contribution in [-0.2, 0) is 40.4 Å². The first kappa shape index (κ1) is 37.3. The molecule has 0 aliphatic heterocycles. The molecule has 0 aliphatic carbocycles. The lowest BCUT2D eigenvalue weighted by molar-refractivity contribution is -0.115. The summed E-state index contributed by atoms with van der Waals surface area (Å²) in [4.78, 5) is 31.3. The van der Waals surface area contributed by atoms with Crippen molar-refractivity contribution in [3.8, 4) is 17.2 Å². The predicted molar refractivity (Wildman–Crippen MR) is 195 cm³/mol. The number of benzene rings is 4. The molecule has 10 nitrogen and oxygen atoms in total. The number of halogens is 2. The maximum atomic E-state index is 13.5. The van der Waals surface area contributed by atoms with Gasteiger partial charge in [-0.1, -0.05) is 75.7 Å². The Morgan fingerprint density at radius 2 is 1.41 bits per heavy atom. The lowest BCUT2D eigenvalue weighted by atomic mass is 10.1. The predicted octanol–water partition coefficient (Wildman–Crippen LogP) is 7.40. The Kier molecular flexibility index (Phi) is 15.3. The number of rotatable bonds is 18. The van der Waals surface area contributed by atoms with E-state index >= 15 is 0 Å². The average Bonchev–Trinajstić information content (AvgIpc) is 3.12. The van der Waals surface area contributed by atoms with E-state index in [-0.39, 0.29) is 31.3 Å². The minimum absolute atomic E-state index is 0.133. The second-order valence-corrected chi connectivity index (χ2v) is 12.5. The summed E-state index contributed by atoms with van der Waals surface area (Å²) in [5.74, 6) is 1.70. The number of hydrogen-bond donors (Lipinski definition) is 2. The number of carbonyl (C=O) groups is 2. The molecular weight excluding hydrogens is 758 g/mol. The van der Waals surface area contributed by atoms with E-state index in [1.807, 2.05) is 91.0 Å². The van der Waals surface area contributed by atoms with E-state index < -0.39 is 6.09 Å². The van der Waals surface area contributed by atoms with Crippen molar-refractivity contribution in [2.75, 3.05) is 33.9 Å². The fourth-order valence-electron chi connectivity index (χ4n) is 4.57. The van der Waals surface area contributed by atoms with E-state index in [1.165, 1.54) is 0 Å². The van der Waals surface area contributed by atoms with Crippen molar-refractivity contribution in [2.45, 2.75) is 32.5 Å². The van der Waals surface area contributed by atoms with Crippen LogP contribution in [0.25, 0.3) is 0 Å². The van der Waals surface area contributed by atoms with E-state index in [0.29, 0.717) is 48.3 Å².